The molecule has 0 radical (unpaired) electrons. The summed E-state index contributed by atoms with van der Waals surface area (Å²) < 4.78 is 6.73. The number of nitrogens with one attached hydrogen (secondary N) is 1. The molecule has 1 N–H and O–H groups in total. The van der Waals surface area contributed by atoms with Crippen molar-refractivity contribution in [3.8, 4) is 5.75 Å². The van der Waals surface area contributed by atoms with Crippen molar-refractivity contribution in [2.45, 2.75) is 70.9 Å². The first-order valence-corrected chi connectivity index (χ1v) is 11.3. The highest BCUT2D eigenvalue weighted by atomic mass is 79.9. The first-order valence-electron chi connectivity index (χ1n) is 10.5. The van der Waals surface area contributed by atoms with Gasteiger partial charge in [0.05, 0.1) is 17.6 Å². The molecule has 2 aliphatic rings. The smallest absolute Gasteiger partial charge is 0.257 e. The molecule has 28 heavy (non-hydrogen) atoms. The summed E-state index contributed by atoms with van der Waals surface area (Å²) in [6.45, 7) is 5.06. The summed E-state index contributed by atoms with van der Waals surface area (Å²) in [5, 5.41) is 3.22. The SMILES string of the molecule is CC(C)Oc1cc(Br)ccc1C(=O)N1CCCC(C(=O)NC2CCCCC2)C1. The van der Waals surface area contributed by atoms with Crippen LogP contribution in [0.4, 0.5) is 0 Å². The molecule has 2 fully saturated rings. The van der Waals surface area contributed by atoms with Crippen LogP contribution in [0.25, 0.3) is 0 Å². The molecule has 3 rings (SSSR count). The molecule has 1 aromatic carbocycles. The maximum absolute atomic E-state index is 13.2. The summed E-state index contributed by atoms with van der Waals surface area (Å²) in [7, 11) is 0. The quantitative estimate of drug-likeness (QED) is 0.716. The maximum Gasteiger partial charge on any atom is 0.257 e. The van der Waals surface area contributed by atoms with Crippen molar-refractivity contribution in [1.82, 2.24) is 10.2 Å². The van der Waals surface area contributed by atoms with Gasteiger partial charge in [0.2, 0.25) is 5.91 Å². The molecule has 0 spiro atoms. The summed E-state index contributed by atoms with van der Waals surface area (Å²) in [5.41, 5.74) is 0.560. The summed E-state index contributed by atoms with van der Waals surface area (Å²) in [6.07, 6.45) is 7.50. The second-order valence-electron chi connectivity index (χ2n) is 8.24. The number of likely N-dealkylation sites (tertiary alicyclic amines) is 1. The molecular weight excluding hydrogens is 420 g/mol. The molecule has 1 aliphatic carbocycles. The number of carbonyl (C=O) groups excluding carboxylic acids is 2. The number of hydrogen-bond donors (Lipinski definition) is 1. The topological polar surface area (TPSA) is 58.6 Å². The highest BCUT2D eigenvalue weighted by Gasteiger charge is 2.31. The van der Waals surface area contributed by atoms with Gasteiger partial charge in [-0.15, -0.1) is 0 Å². The van der Waals surface area contributed by atoms with Crippen molar-refractivity contribution in [2.24, 2.45) is 5.92 Å². The molecule has 0 bridgehead atoms. The number of nitrogens with zero attached hydrogens (tertiary/aromatic N) is 1. The Hall–Kier alpha value is -1.56. The summed E-state index contributed by atoms with van der Waals surface area (Å²) in [4.78, 5) is 27.7. The van der Waals surface area contributed by atoms with E-state index in [2.05, 4.69) is 21.2 Å². The lowest BCUT2D eigenvalue weighted by atomic mass is 9.92. The minimum Gasteiger partial charge on any atom is -0.490 e. The van der Waals surface area contributed by atoms with Crippen LogP contribution in [0, 0.1) is 5.92 Å². The van der Waals surface area contributed by atoms with Crippen molar-refractivity contribution < 1.29 is 14.3 Å². The largest absolute Gasteiger partial charge is 0.490 e. The Morgan fingerprint density at radius 3 is 2.61 bits per heavy atom. The fourth-order valence-corrected chi connectivity index (χ4v) is 4.48. The van der Waals surface area contributed by atoms with Crippen LogP contribution in [0.1, 0.15) is 69.2 Å². The number of halogens is 1. The number of carbonyl (C=O) groups is 2. The molecule has 1 aromatic rings. The minimum atomic E-state index is -0.121. The van der Waals surface area contributed by atoms with E-state index in [4.69, 9.17) is 4.74 Å². The fourth-order valence-electron chi connectivity index (χ4n) is 4.14. The Bertz CT molecular complexity index is 701. The fraction of sp³-hybridized carbons (Fsp3) is 0.636. The molecule has 2 amide bonds. The van der Waals surface area contributed by atoms with Crippen LogP contribution in [-0.4, -0.2) is 41.9 Å². The predicted molar refractivity (Wildman–Crippen MR) is 114 cm³/mol. The van der Waals surface area contributed by atoms with Gasteiger partial charge in [-0.3, -0.25) is 9.59 Å². The highest BCUT2D eigenvalue weighted by molar-refractivity contribution is 9.10. The lowest BCUT2D eigenvalue weighted by Gasteiger charge is -2.34. The number of benzene rings is 1. The molecule has 1 unspecified atom stereocenters. The van der Waals surface area contributed by atoms with Crippen LogP contribution in [0.2, 0.25) is 0 Å². The van der Waals surface area contributed by atoms with Gasteiger partial charge < -0.3 is 15.0 Å². The Balaban J connectivity index is 1.66. The second-order valence-corrected chi connectivity index (χ2v) is 9.16. The predicted octanol–water partition coefficient (Wildman–Crippen LogP) is 4.54. The Labute approximate surface area is 176 Å². The third-order valence-electron chi connectivity index (χ3n) is 5.57. The van der Waals surface area contributed by atoms with E-state index in [9.17, 15) is 9.59 Å². The van der Waals surface area contributed by atoms with Crippen molar-refractivity contribution in [2.75, 3.05) is 13.1 Å². The number of hydrogen-bond acceptors (Lipinski definition) is 3. The molecule has 6 heteroatoms. The average molecular weight is 451 g/mol. The summed E-state index contributed by atoms with van der Waals surface area (Å²) >= 11 is 3.45. The van der Waals surface area contributed by atoms with Gasteiger partial charge in [0, 0.05) is 23.6 Å². The molecule has 5 nitrogen and oxygen atoms in total. The van der Waals surface area contributed by atoms with E-state index < -0.39 is 0 Å². The lowest BCUT2D eigenvalue weighted by Crippen LogP contribution is -2.48. The van der Waals surface area contributed by atoms with Crippen LogP contribution in [-0.2, 0) is 4.79 Å². The zero-order valence-electron chi connectivity index (χ0n) is 16.9. The van der Waals surface area contributed by atoms with E-state index in [-0.39, 0.29) is 23.8 Å². The van der Waals surface area contributed by atoms with Gasteiger partial charge in [-0.05, 0) is 57.7 Å². The Morgan fingerprint density at radius 2 is 1.89 bits per heavy atom. The van der Waals surface area contributed by atoms with E-state index in [1.54, 1.807) is 6.07 Å². The summed E-state index contributed by atoms with van der Waals surface area (Å²) in [5.74, 6) is 0.518. The standard InChI is InChI=1S/C22H31BrN2O3/c1-15(2)28-20-13-17(23)10-11-19(20)22(27)25-12-6-7-16(14-25)21(26)24-18-8-4-3-5-9-18/h10-11,13,15-16,18H,3-9,12,14H2,1-2H3,(H,24,26). The van der Waals surface area contributed by atoms with Crippen molar-refractivity contribution in [3.63, 3.8) is 0 Å². The van der Waals surface area contributed by atoms with Crippen LogP contribution in [0.15, 0.2) is 22.7 Å². The number of amides is 2. The zero-order chi connectivity index (χ0) is 20.1. The van der Waals surface area contributed by atoms with Crippen LogP contribution in [0.3, 0.4) is 0 Å². The van der Waals surface area contributed by atoms with Crippen LogP contribution < -0.4 is 10.1 Å². The first-order chi connectivity index (χ1) is 13.4. The molecule has 0 aromatic heterocycles. The van der Waals surface area contributed by atoms with Gasteiger partial charge >= 0.3 is 0 Å². The van der Waals surface area contributed by atoms with Gasteiger partial charge in [0.15, 0.2) is 0 Å². The Kier molecular flexibility index (Phi) is 7.38. The van der Waals surface area contributed by atoms with E-state index in [1.807, 2.05) is 30.9 Å². The second kappa shape index (κ2) is 9.77. The van der Waals surface area contributed by atoms with Gasteiger partial charge in [-0.2, -0.15) is 0 Å². The highest BCUT2D eigenvalue weighted by Crippen LogP contribution is 2.28. The van der Waals surface area contributed by atoms with E-state index >= 15 is 0 Å². The first kappa shape index (κ1) is 21.2. The molecule has 1 saturated heterocycles. The van der Waals surface area contributed by atoms with Crippen LogP contribution in [0.5, 0.6) is 5.75 Å². The maximum atomic E-state index is 13.2. The Morgan fingerprint density at radius 1 is 1.14 bits per heavy atom. The zero-order valence-corrected chi connectivity index (χ0v) is 18.5. The molecule has 1 atom stereocenters. The summed E-state index contributed by atoms with van der Waals surface area (Å²) in [6, 6.07) is 5.81. The van der Waals surface area contributed by atoms with Gasteiger partial charge in [0.25, 0.3) is 5.91 Å². The van der Waals surface area contributed by atoms with Crippen molar-refractivity contribution in [1.29, 1.82) is 0 Å². The molecule has 1 heterocycles. The average Bonchev–Trinajstić information content (AvgIpc) is 2.68. The normalized spacial score (nSPS) is 20.9. The third kappa shape index (κ3) is 5.49. The van der Waals surface area contributed by atoms with Crippen molar-refractivity contribution in [3.05, 3.63) is 28.2 Å². The van der Waals surface area contributed by atoms with E-state index in [0.29, 0.717) is 30.4 Å². The number of ether oxygens (including phenoxy) is 1. The van der Waals surface area contributed by atoms with Gasteiger partial charge in [0.1, 0.15) is 5.75 Å². The number of rotatable bonds is 5. The minimum absolute atomic E-state index is 0.0174. The molecule has 154 valence electrons. The molecule has 1 aliphatic heterocycles. The van der Waals surface area contributed by atoms with Crippen LogP contribution >= 0.6 is 15.9 Å². The molecular formula is C22H31BrN2O3. The van der Waals surface area contributed by atoms with Gasteiger partial charge in [-0.25, -0.2) is 0 Å². The van der Waals surface area contributed by atoms with E-state index in [1.165, 1.54) is 19.3 Å². The van der Waals surface area contributed by atoms with Gasteiger partial charge in [-0.1, -0.05) is 35.2 Å². The monoisotopic (exact) mass is 450 g/mol. The van der Waals surface area contributed by atoms with E-state index in [0.717, 1.165) is 30.2 Å². The lowest BCUT2D eigenvalue weighted by molar-refractivity contribution is -0.127. The molecule has 1 saturated carbocycles. The third-order valence-corrected chi connectivity index (χ3v) is 6.06. The number of piperidine rings is 1. The van der Waals surface area contributed by atoms with Crippen molar-refractivity contribution >= 4 is 27.7 Å².